The second-order valence-corrected chi connectivity index (χ2v) is 6.45. The van der Waals surface area contributed by atoms with Crippen molar-refractivity contribution in [3.8, 4) is 0 Å². The molecule has 0 aliphatic rings. The van der Waals surface area contributed by atoms with Gasteiger partial charge in [-0.05, 0) is 29.3 Å². The maximum Gasteiger partial charge on any atom is 0.239 e. The molecule has 0 unspecified atom stereocenters. The molecule has 23 heavy (non-hydrogen) atoms. The molecule has 0 saturated heterocycles. The van der Waals surface area contributed by atoms with Gasteiger partial charge in [0.1, 0.15) is 0 Å². The average Bonchev–Trinajstić information content (AvgIpc) is 2.57. The zero-order valence-electron chi connectivity index (χ0n) is 13.5. The van der Waals surface area contributed by atoms with E-state index in [1.807, 2.05) is 25.1 Å². The number of fused-ring (bicyclic) bond motifs is 1. The van der Waals surface area contributed by atoms with E-state index in [-0.39, 0.29) is 18.4 Å². The van der Waals surface area contributed by atoms with Crippen molar-refractivity contribution in [1.29, 1.82) is 0 Å². The first kappa shape index (κ1) is 17.3. The van der Waals surface area contributed by atoms with Gasteiger partial charge in [0.05, 0.1) is 12.3 Å². The molecule has 0 aromatic heterocycles. The number of likely N-dealkylation sites (N-methyl/N-ethyl adjacent to an activating group) is 1. The molecule has 4 nitrogen and oxygen atoms in total. The van der Waals surface area contributed by atoms with E-state index in [1.165, 1.54) is 22.0 Å². The van der Waals surface area contributed by atoms with E-state index in [9.17, 15) is 9.59 Å². The number of amides is 2. The maximum absolute atomic E-state index is 12.1. The molecule has 0 radical (unpaired) electrons. The minimum atomic E-state index is -0.113. The highest BCUT2D eigenvalue weighted by Gasteiger charge is 2.13. The molecule has 0 fully saturated rings. The van der Waals surface area contributed by atoms with Crippen LogP contribution in [0, 0.1) is 0 Å². The lowest BCUT2D eigenvalue weighted by Gasteiger charge is -2.16. The Morgan fingerprint density at radius 2 is 1.87 bits per heavy atom. The number of hydrogen-bond donors (Lipinski definition) is 1. The van der Waals surface area contributed by atoms with E-state index >= 15 is 0 Å². The monoisotopic (exact) mass is 330 g/mol. The van der Waals surface area contributed by atoms with Crippen molar-refractivity contribution in [3.63, 3.8) is 0 Å². The normalized spacial score (nSPS) is 10.5. The highest BCUT2D eigenvalue weighted by Crippen LogP contribution is 2.23. The highest BCUT2D eigenvalue weighted by atomic mass is 32.2. The molecule has 1 N–H and O–H groups in total. The molecule has 2 aromatic carbocycles. The first-order valence-electron chi connectivity index (χ1n) is 7.72. The zero-order chi connectivity index (χ0) is 16.7. The van der Waals surface area contributed by atoms with E-state index in [0.717, 1.165) is 16.7 Å². The fourth-order valence-electron chi connectivity index (χ4n) is 2.14. The molecule has 0 bridgehead atoms. The number of rotatable bonds is 7. The largest absolute Gasteiger partial charge is 0.355 e. The van der Waals surface area contributed by atoms with Crippen molar-refractivity contribution in [2.24, 2.45) is 0 Å². The van der Waals surface area contributed by atoms with E-state index in [0.29, 0.717) is 12.3 Å². The van der Waals surface area contributed by atoms with Gasteiger partial charge >= 0.3 is 0 Å². The van der Waals surface area contributed by atoms with Crippen LogP contribution in [0.2, 0.25) is 0 Å². The second-order valence-electron chi connectivity index (χ2n) is 5.40. The number of carbonyl (C=O) groups is 2. The lowest BCUT2D eigenvalue weighted by Crippen LogP contribution is -2.39. The van der Waals surface area contributed by atoms with Gasteiger partial charge in [0.25, 0.3) is 0 Å². The molecule has 0 heterocycles. The van der Waals surface area contributed by atoms with Crippen molar-refractivity contribution < 1.29 is 9.59 Å². The van der Waals surface area contributed by atoms with Crippen molar-refractivity contribution in [2.45, 2.75) is 18.2 Å². The predicted molar refractivity (Wildman–Crippen MR) is 95.6 cm³/mol. The van der Waals surface area contributed by atoms with E-state index in [4.69, 9.17) is 0 Å². The topological polar surface area (TPSA) is 49.4 Å². The molecule has 0 atom stereocenters. The van der Waals surface area contributed by atoms with Crippen LogP contribution < -0.4 is 5.32 Å². The third-order valence-corrected chi connectivity index (χ3v) is 4.44. The fourth-order valence-corrected chi connectivity index (χ4v) is 3.02. The summed E-state index contributed by atoms with van der Waals surface area (Å²) in [6.07, 6.45) is 0.890. The van der Waals surface area contributed by atoms with Crippen LogP contribution in [0.1, 0.15) is 13.3 Å². The zero-order valence-corrected chi connectivity index (χ0v) is 14.4. The van der Waals surface area contributed by atoms with Crippen LogP contribution in [-0.2, 0) is 9.59 Å². The van der Waals surface area contributed by atoms with Gasteiger partial charge in [0.15, 0.2) is 0 Å². The molecule has 0 aliphatic heterocycles. The molecule has 0 aliphatic carbocycles. The molecule has 2 amide bonds. The Morgan fingerprint density at radius 1 is 1.13 bits per heavy atom. The van der Waals surface area contributed by atoms with Crippen LogP contribution in [0.25, 0.3) is 10.8 Å². The summed E-state index contributed by atoms with van der Waals surface area (Å²) in [5, 5.41) is 5.12. The summed E-state index contributed by atoms with van der Waals surface area (Å²) in [5.74, 6) is 0.170. The van der Waals surface area contributed by atoms with Crippen LogP contribution in [0.4, 0.5) is 0 Å². The first-order valence-corrected chi connectivity index (χ1v) is 8.71. The molecule has 122 valence electrons. The Kier molecular flexibility index (Phi) is 6.47. The summed E-state index contributed by atoms with van der Waals surface area (Å²) in [7, 11) is 1.66. The third-order valence-electron chi connectivity index (χ3n) is 3.46. The van der Waals surface area contributed by atoms with Crippen LogP contribution in [-0.4, -0.2) is 42.6 Å². The van der Waals surface area contributed by atoms with Crippen molar-refractivity contribution in [2.75, 3.05) is 25.9 Å². The van der Waals surface area contributed by atoms with Crippen molar-refractivity contribution in [1.82, 2.24) is 10.2 Å². The van der Waals surface area contributed by atoms with Crippen LogP contribution >= 0.6 is 11.8 Å². The summed E-state index contributed by atoms with van der Waals surface area (Å²) in [5.41, 5.74) is 0. The minimum absolute atomic E-state index is 0.0465. The maximum atomic E-state index is 12.1. The van der Waals surface area contributed by atoms with Gasteiger partial charge in [-0.25, -0.2) is 0 Å². The summed E-state index contributed by atoms with van der Waals surface area (Å²) in [4.78, 5) is 26.3. The van der Waals surface area contributed by atoms with Crippen molar-refractivity contribution >= 4 is 34.3 Å². The smallest absolute Gasteiger partial charge is 0.239 e. The van der Waals surface area contributed by atoms with E-state index in [2.05, 4.69) is 29.6 Å². The summed E-state index contributed by atoms with van der Waals surface area (Å²) < 4.78 is 0. The molecular weight excluding hydrogens is 308 g/mol. The number of benzene rings is 2. The molecule has 2 rings (SSSR count). The quantitative estimate of drug-likeness (QED) is 0.794. The number of carbonyl (C=O) groups excluding carboxylic acids is 2. The van der Waals surface area contributed by atoms with Crippen LogP contribution in [0.3, 0.4) is 0 Å². The van der Waals surface area contributed by atoms with Gasteiger partial charge in [-0.1, -0.05) is 37.3 Å². The standard InChI is InChI=1S/C18H22N2O2S/c1-3-10-19-17(21)12-20(2)18(22)13-23-16-9-8-14-6-4-5-7-15(14)11-16/h4-9,11H,3,10,12-13H2,1-2H3,(H,19,21). The van der Waals surface area contributed by atoms with Gasteiger partial charge in [-0.3, -0.25) is 9.59 Å². The lowest BCUT2D eigenvalue weighted by molar-refractivity contribution is -0.132. The average molecular weight is 330 g/mol. The van der Waals surface area contributed by atoms with E-state index in [1.54, 1.807) is 7.05 Å². The number of nitrogens with one attached hydrogen (secondary N) is 1. The molecule has 5 heteroatoms. The number of nitrogens with zero attached hydrogens (tertiary/aromatic N) is 1. The van der Waals surface area contributed by atoms with Gasteiger partial charge in [0, 0.05) is 18.5 Å². The Bertz CT molecular complexity index is 688. The summed E-state index contributed by atoms with van der Waals surface area (Å²) in [6, 6.07) is 14.3. The van der Waals surface area contributed by atoms with Gasteiger partial charge in [-0.15, -0.1) is 11.8 Å². The van der Waals surface area contributed by atoms with E-state index < -0.39 is 0 Å². The number of thioether (sulfide) groups is 1. The fraction of sp³-hybridized carbons (Fsp3) is 0.333. The first-order chi connectivity index (χ1) is 11.1. The Balaban J connectivity index is 1.86. The minimum Gasteiger partial charge on any atom is -0.355 e. The summed E-state index contributed by atoms with van der Waals surface area (Å²) in [6.45, 7) is 2.75. The van der Waals surface area contributed by atoms with Crippen LogP contribution in [0.15, 0.2) is 47.4 Å². The van der Waals surface area contributed by atoms with Gasteiger partial charge < -0.3 is 10.2 Å². The van der Waals surface area contributed by atoms with Crippen LogP contribution in [0.5, 0.6) is 0 Å². The second kappa shape index (κ2) is 8.58. The van der Waals surface area contributed by atoms with Gasteiger partial charge in [0.2, 0.25) is 11.8 Å². The lowest BCUT2D eigenvalue weighted by atomic mass is 10.1. The molecular formula is C18H22N2O2S. The van der Waals surface area contributed by atoms with Crippen molar-refractivity contribution in [3.05, 3.63) is 42.5 Å². The van der Waals surface area contributed by atoms with Gasteiger partial charge in [-0.2, -0.15) is 0 Å². The predicted octanol–water partition coefficient (Wildman–Crippen LogP) is 2.92. The molecule has 0 saturated carbocycles. The summed E-state index contributed by atoms with van der Waals surface area (Å²) >= 11 is 1.49. The Labute approximate surface area is 141 Å². The Morgan fingerprint density at radius 3 is 2.61 bits per heavy atom. The highest BCUT2D eigenvalue weighted by molar-refractivity contribution is 8.00. The third kappa shape index (κ3) is 5.28. The number of hydrogen-bond acceptors (Lipinski definition) is 3. The SMILES string of the molecule is CCCNC(=O)CN(C)C(=O)CSc1ccc2ccccc2c1. The molecule has 2 aromatic rings. The molecule has 0 spiro atoms. The Hall–Kier alpha value is -2.01.